The van der Waals surface area contributed by atoms with Crippen LogP contribution in [-0.2, 0) is 4.84 Å². The molecule has 1 unspecified atom stereocenters. The number of hydrogen-bond acceptors (Lipinski definition) is 4. The summed E-state index contributed by atoms with van der Waals surface area (Å²) in [5.41, 5.74) is 0.424. The molecule has 3 nitrogen and oxygen atoms in total. The van der Waals surface area contributed by atoms with Crippen molar-refractivity contribution in [3.8, 4) is 0 Å². The van der Waals surface area contributed by atoms with Crippen LogP contribution in [0.2, 0.25) is 0 Å². The highest BCUT2D eigenvalue weighted by Crippen LogP contribution is 2.28. The summed E-state index contributed by atoms with van der Waals surface area (Å²) in [6, 6.07) is 4.11. The summed E-state index contributed by atoms with van der Waals surface area (Å²) < 4.78 is 0. The van der Waals surface area contributed by atoms with E-state index in [-0.39, 0.29) is 6.61 Å². The Morgan fingerprint density at radius 3 is 2.93 bits per heavy atom. The highest BCUT2D eigenvalue weighted by atomic mass is 32.1. The molecule has 2 heterocycles. The second kappa shape index (κ2) is 3.37. The molecule has 0 saturated heterocycles. The van der Waals surface area contributed by atoms with Gasteiger partial charge in [0.2, 0.25) is 0 Å². The number of aliphatic hydroxyl groups excluding tert-OH is 1. The molecule has 76 valence electrons. The zero-order valence-electron chi connectivity index (χ0n) is 8.28. The van der Waals surface area contributed by atoms with E-state index >= 15 is 0 Å². The van der Waals surface area contributed by atoms with Crippen LogP contribution in [0.15, 0.2) is 17.3 Å². The van der Waals surface area contributed by atoms with Crippen LogP contribution in [0.1, 0.15) is 23.1 Å². The Labute approximate surface area is 87.0 Å². The van der Waals surface area contributed by atoms with E-state index in [1.54, 1.807) is 11.3 Å². The van der Waals surface area contributed by atoms with Crippen LogP contribution in [0, 0.1) is 6.92 Å². The highest BCUT2D eigenvalue weighted by Gasteiger charge is 2.34. The van der Waals surface area contributed by atoms with Crippen molar-refractivity contribution in [2.24, 2.45) is 5.16 Å². The third-order valence-electron chi connectivity index (χ3n) is 2.28. The Hall–Kier alpha value is -0.870. The second-order valence-electron chi connectivity index (χ2n) is 3.82. The summed E-state index contributed by atoms with van der Waals surface area (Å²) in [7, 11) is 0. The number of oxime groups is 1. The molecular formula is C10H13NO2S. The van der Waals surface area contributed by atoms with E-state index < -0.39 is 5.60 Å². The first-order valence-corrected chi connectivity index (χ1v) is 5.37. The van der Waals surface area contributed by atoms with Gasteiger partial charge in [0, 0.05) is 11.3 Å². The van der Waals surface area contributed by atoms with Gasteiger partial charge in [-0.15, -0.1) is 11.3 Å². The van der Waals surface area contributed by atoms with E-state index in [1.165, 1.54) is 4.88 Å². The van der Waals surface area contributed by atoms with Gasteiger partial charge in [0.05, 0.1) is 11.5 Å². The monoisotopic (exact) mass is 211 g/mol. The molecule has 1 N–H and O–H groups in total. The molecular weight excluding hydrogens is 198 g/mol. The van der Waals surface area contributed by atoms with Crippen molar-refractivity contribution in [3.05, 3.63) is 21.9 Å². The summed E-state index contributed by atoms with van der Waals surface area (Å²) in [5.74, 6) is 0. The number of aliphatic hydroxyl groups is 1. The Bertz CT molecular complexity index is 372. The van der Waals surface area contributed by atoms with Gasteiger partial charge in [-0.05, 0) is 26.0 Å². The standard InChI is InChI=1S/C10H13NO2S/c1-7-3-4-9(14-7)8-5-10(2,6-12)13-11-8/h3-4,12H,5-6H2,1-2H3. The minimum atomic E-state index is -0.521. The lowest BCUT2D eigenvalue weighted by atomic mass is 10.0. The van der Waals surface area contributed by atoms with Gasteiger partial charge in [-0.2, -0.15) is 0 Å². The summed E-state index contributed by atoms with van der Waals surface area (Å²) in [6.07, 6.45) is 0.684. The van der Waals surface area contributed by atoms with Crippen molar-refractivity contribution in [1.82, 2.24) is 0 Å². The molecule has 4 heteroatoms. The first-order chi connectivity index (χ1) is 6.63. The van der Waals surface area contributed by atoms with Gasteiger partial charge in [-0.1, -0.05) is 5.16 Å². The SMILES string of the molecule is Cc1ccc(C2=NOC(C)(CO)C2)s1. The van der Waals surface area contributed by atoms with Crippen molar-refractivity contribution < 1.29 is 9.94 Å². The van der Waals surface area contributed by atoms with Crippen molar-refractivity contribution in [2.45, 2.75) is 25.9 Å². The van der Waals surface area contributed by atoms with E-state index in [4.69, 9.17) is 9.94 Å². The molecule has 0 fully saturated rings. The van der Waals surface area contributed by atoms with E-state index in [0.717, 1.165) is 10.6 Å². The third-order valence-corrected chi connectivity index (χ3v) is 3.33. The molecule has 1 aromatic rings. The largest absolute Gasteiger partial charge is 0.392 e. The van der Waals surface area contributed by atoms with Crippen LogP contribution >= 0.6 is 11.3 Å². The van der Waals surface area contributed by atoms with Crippen molar-refractivity contribution >= 4 is 17.0 Å². The molecule has 0 radical (unpaired) electrons. The van der Waals surface area contributed by atoms with Crippen LogP contribution in [-0.4, -0.2) is 23.0 Å². The number of nitrogens with zero attached hydrogens (tertiary/aromatic N) is 1. The molecule has 0 bridgehead atoms. The lowest BCUT2D eigenvalue weighted by Gasteiger charge is -2.16. The first kappa shape index (κ1) is 9.68. The average Bonchev–Trinajstić information content (AvgIpc) is 2.73. The van der Waals surface area contributed by atoms with Crippen LogP contribution in [0.3, 0.4) is 0 Å². The van der Waals surface area contributed by atoms with Gasteiger partial charge in [0.15, 0.2) is 5.60 Å². The summed E-state index contributed by atoms with van der Waals surface area (Å²) >= 11 is 1.70. The molecule has 1 aliphatic rings. The molecule has 0 amide bonds. The number of thiophene rings is 1. The fourth-order valence-corrected chi connectivity index (χ4v) is 2.24. The number of aryl methyl sites for hydroxylation is 1. The zero-order chi connectivity index (χ0) is 10.2. The Morgan fingerprint density at radius 1 is 1.64 bits per heavy atom. The molecule has 0 aliphatic carbocycles. The van der Waals surface area contributed by atoms with Gasteiger partial charge >= 0.3 is 0 Å². The average molecular weight is 211 g/mol. The maximum atomic E-state index is 9.10. The molecule has 14 heavy (non-hydrogen) atoms. The molecule has 1 atom stereocenters. The van der Waals surface area contributed by atoms with Crippen LogP contribution in [0.4, 0.5) is 0 Å². The quantitative estimate of drug-likeness (QED) is 0.812. The lowest BCUT2D eigenvalue weighted by molar-refractivity contribution is -0.0428. The van der Waals surface area contributed by atoms with Crippen molar-refractivity contribution in [3.63, 3.8) is 0 Å². The van der Waals surface area contributed by atoms with Crippen LogP contribution in [0.5, 0.6) is 0 Å². The van der Waals surface area contributed by atoms with Crippen LogP contribution in [0.25, 0.3) is 0 Å². The Kier molecular flexibility index (Phi) is 2.33. The predicted molar refractivity (Wildman–Crippen MR) is 56.8 cm³/mol. The maximum Gasteiger partial charge on any atom is 0.163 e. The smallest absolute Gasteiger partial charge is 0.163 e. The van der Waals surface area contributed by atoms with E-state index in [0.29, 0.717) is 6.42 Å². The normalized spacial score (nSPS) is 26.1. The topological polar surface area (TPSA) is 41.8 Å². The minimum absolute atomic E-state index is 0.00432. The number of hydrogen-bond donors (Lipinski definition) is 1. The summed E-state index contributed by atoms with van der Waals surface area (Å²) in [4.78, 5) is 7.61. The van der Waals surface area contributed by atoms with E-state index in [1.807, 2.05) is 13.0 Å². The van der Waals surface area contributed by atoms with Gasteiger partial charge in [-0.3, -0.25) is 0 Å². The van der Waals surface area contributed by atoms with Gasteiger partial charge in [-0.25, -0.2) is 0 Å². The molecule has 0 saturated carbocycles. The first-order valence-electron chi connectivity index (χ1n) is 4.56. The molecule has 2 rings (SSSR count). The Balaban J connectivity index is 2.16. The van der Waals surface area contributed by atoms with E-state index in [2.05, 4.69) is 18.1 Å². The second-order valence-corrected chi connectivity index (χ2v) is 5.11. The van der Waals surface area contributed by atoms with E-state index in [9.17, 15) is 0 Å². The van der Waals surface area contributed by atoms with Crippen molar-refractivity contribution in [1.29, 1.82) is 0 Å². The molecule has 0 aromatic carbocycles. The predicted octanol–water partition coefficient (Wildman–Crippen LogP) is 1.93. The summed E-state index contributed by atoms with van der Waals surface area (Å²) in [5, 5.41) is 13.1. The molecule has 1 aliphatic heterocycles. The molecule has 1 aromatic heterocycles. The van der Waals surface area contributed by atoms with Crippen molar-refractivity contribution in [2.75, 3.05) is 6.61 Å². The maximum absolute atomic E-state index is 9.10. The van der Waals surface area contributed by atoms with Gasteiger partial charge < -0.3 is 9.94 Å². The minimum Gasteiger partial charge on any atom is -0.392 e. The number of rotatable bonds is 2. The zero-order valence-corrected chi connectivity index (χ0v) is 9.10. The lowest BCUT2D eigenvalue weighted by Crippen LogP contribution is -2.29. The fourth-order valence-electron chi connectivity index (χ4n) is 1.39. The molecule has 0 spiro atoms. The van der Waals surface area contributed by atoms with Crippen LogP contribution < -0.4 is 0 Å². The fraction of sp³-hybridized carbons (Fsp3) is 0.500. The van der Waals surface area contributed by atoms with Gasteiger partial charge in [0.25, 0.3) is 0 Å². The third kappa shape index (κ3) is 1.67. The summed E-state index contributed by atoms with van der Waals surface area (Å²) in [6.45, 7) is 3.93. The highest BCUT2D eigenvalue weighted by molar-refractivity contribution is 7.14. The Morgan fingerprint density at radius 2 is 2.43 bits per heavy atom. The van der Waals surface area contributed by atoms with Gasteiger partial charge in [0.1, 0.15) is 5.71 Å².